The number of hydrogen-bond acceptors (Lipinski definition) is 3. The molecule has 0 spiro atoms. The Bertz CT molecular complexity index is 986. The van der Waals surface area contributed by atoms with Crippen LogP contribution in [-0.2, 0) is 6.42 Å². The third kappa shape index (κ3) is 5.90. The summed E-state index contributed by atoms with van der Waals surface area (Å²) in [6.45, 7) is 4.63. The normalized spacial score (nSPS) is 10.3. The molecule has 3 aromatic carbocycles. The summed E-state index contributed by atoms with van der Waals surface area (Å²) in [6.07, 6.45) is 0.835. The van der Waals surface area contributed by atoms with E-state index in [0.29, 0.717) is 12.2 Å². The summed E-state index contributed by atoms with van der Waals surface area (Å²) in [4.78, 5) is 12.4. The average molecular weight is 405 g/mol. The second kappa shape index (κ2) is 9.85. The van der Waals surface area contributed by atoms with Crippen LogP contribution >= 0.6 is 12.2 Å². The van der Waals surface area contributed by atoms with Gasteiger partial charge < -0.3 is 10.1 Å². The number of thiocarbonyl (C=S) groups is 1. The first-order chi connectivity index (χ1) is 14.0. The Kier molecular flexibility index (Phi) is 6.98. The molecule has 0 fully saturated rings. The number of carbonyl (C=O) groups excluding carboxylic acids is 1. The zero-order valence-corrected chi connectivity index (χ0v) is 17.4. The minimum absolute atomic E-state index is 0.261. The molecular weight excluding hydrogens is 380 g/mol. The summed E-state index contributed by atoms with van der Waals surface area (Å²) < 4.78 is 5.76. The molecule has 0 aliphatic heterocycles. The largest absolute Gasteiger partial charge is 0.493 e. The van der Waals surface area contributed by atoms with Crippen molar-refractivity contribution in [2.24, 2.45) is 0 Å². The van der Waals surface area contributed by atoms with Gasteiger partial charge in [-0.15, -0.1) is 0 Å². The highest BCUT2D eigenvalue weighted by atomic mass is 32.1. The molecule has 0 atom stereocenters. The van der Waals surface area contributed by atoms with E-state index in [2.05, 4.69) is 22.8 Å². The smallest absolute Gasteiger partial charge is 0.257 e. The monoisotopic (exact) mass is 404 g/mol. The first-order valence-electron chi connectivity index (χ1n) is 9.48. The Morgan fingerprint density at radius 3 is 2.38 bits per heavy atom. The maximum Gasteiger partial charge on any atom is 0.257 e. The van der Waals surface area contributed by atoms with Crippen molar-refractivity contribution in [3.63, 3.8) is 0 Å². The standard InChI is InChI=1S/C24H24N2O2S/c1-17-7-6-10-22(18(17)2)25-24(29)26-23(27)20-11-13-21(14-12-20)28-16-15-19-8-4-3-5-9-19/h3-14H,15-16H2,1-2H3,(H2,25,26,27,29). The molecule has 3 aromatic rings. The van der Waals surface area contributed by atoms with Gasteiger partial charge in [0.2, 0.25) is 0 Å². The van der Waals surface area contributed by atoms with E-state index in [1.165, 1.54) is 5.56 Å². The van der Waals surface area contributed by atoms with Crippen LogP contribution in [0, 0.1) is 13.8 Å². The van der Waals surface area contributed by atoms with E-state index in [1.807, 2.05) is 50.2 Å². The highest BCUT2D eigenvalue weighted by molar-refractivity contribution is 7.80. The van der Waals surface area contributed by atoms with Crippen molar-refractivity contribution in [2.75, 3.05) is 11.9 Å². The van der Waals surface area contributed by atoms with Gasteiger partial charge in [0.15, 0.2) is 5.11 Å². The molecule has 29 heavy (non-hydrogen) atoms. The highest BCUT2D eigenvalue weighted by Gasteiger charge is 2.09. The Morgan fingerprint density at radius 1 is 0.931 bits per heavy atom. The molecule has 4 nitrogen and oxygen atoms in total. The predicted octanol–water partition coefficient (Wildman–Crippen LogP) is 5.05. The lowest BCUT2D eigenvalue weighted by Gasteiger charge is -2.13. The molecule has 3 rings (SSSR count). The highest BCUT2D eigenvalue weighted by Crippen LogP contribution is 2.18. The topological polar surface area (TPSA) is 50.4 Å². The number of amides is 1. The maximum atomic E-state index is 12.4. The van der Waals surface area contributed by atoms with Gasteiger partial charge in [-0.2, -0.15) is 0 Å². The van der Waals surface area contributed by atoms with E-state index in [4.69, 9.17) is 17.0 Å². The van der Waals surface area contributed by atoms with Crippen molar-refractivity contribution < 1.29 is 9.53 Å². The molecule has 0 heterocycles. The number of nitrogens with one attached hydrogen (secondary N) is 2. The molecule has 148 valence electrons. The molecule has 0 radical (unpaired) electrons. The van der Waals surface area contributed by atoms with Crippen molar-refractivity contribution in [1.29, 1.82) is 0 Å². The van der Waals surface area contributed by atoms with Crippen LogP contribution in [0.15, 0.2) is 72.8 Å². The lowest BCUT2D eigenvalue weighted by atomic mass is 10.1. The van der Waals surface area contributed by atoms with Gasteiger partial charge in [0.1, 0.15) is 5.75 Å². The number of hydrogen-bond donors (Lipinski definition) is 2. The van der Waals surface area contributed by atoms with Crippen LogP contribution < -0.4 is 15.4 Å². The Morgan fingerprint density at radius 2 is 1.66 bits per heavy atom. The van der Waals surface area contributed by atoms with Gasteiger partial charge in [-0.3, -0.25) is 10.1 Å². The van der Waals surface area contributed by atoms with Gasteiger partial charge in [-0.1, -0.05) is 42.5 Å². The van der Waals surface area contributed by atoms with E-state index in [9.17, 15) is 4.79 Å². The number of ether oxygens (including phenoxy) is 1. The quantitative estimate of drug-likeness (QED) is 0.565. The predicted molar refractivity (Wildman–Crippen MR) is 122 cm³/mol. The van der Waals surface area contributed by atoms with Gasteiger partial charge in [0.05, 0.1) is 6.61 Å². The molecule has 0 aliphatic carbocycles. The van der Waals surface area contributed by atoms with Crippen LogP contribution in [0.1, 0.15) is 27.0 Å². The number of carbonyl (C=O) groups is 1. The Labute approximate surface area is 176 Å². The summed E-state index contributed by atoms with van der Waals surface area (Å²) in [6, 6.07) is 23.1. The average Bonchev–Trinajstić information content (AvgIpc) is 2.72. The fraction of sp³-hybridized carbons (Fsp3) is 0.167. The lowest BCUT2D eigenvalue weighted by Crippen LogP contribution is -2.34. The van der Waals surface area contributed by atoms with Crippen LogP contribution in [0.4, 0.5) is 5.69 Å². The van der Waals surface area contributed by atoms with E-state index < -0.39 is 0 Å². The molecule has 0 unspecified atom stereocenters. The fourth-order valence-corrected chi connectivity index (χ4v) is 3.05. The summed E-state index contributed by atoms with van der Waals surface area (Å²) >= 11 is 5.28. The minimum atomic E-state index is -0.261. The van der Waals surface area contributed by atoms with Crippen molar-refractivity contribution in [3.8, 4) is 5.75 Å². The molecule has 0 saturated carbocycles. The molecule has 2 N–H and O–H groups in total. The molecule has 0 aliphatic rings. The van der Waals surface area contributed by atoms with Gasteiger partial charge in [-0.05, 0) is 73.1 Å². The Balaban J connectivity index is 1.50. The van der Waals surface area contributed by atoms with E-state index in [1.54, 1.807) is 24.3 Å². The summed E-state index contributed by atoms with van der Waals surface area (Å²) in [5.41, 5.74) is 4.89. The number of anilines is 1. The second-order valence-electron chi connectivity index (χ2n) is 6.76. The van der Waals surface area contributed by atoms with Crippen LogP contribution in [-0.4, -0.2) is 17.6 Å². The maximum absolute atomic E-state index is 12.4. The molecule has 0 saturated heterocycles. The third-order valence-corrected chi connectivity index (χ3v) is 4.90. The summed E-state index contributed by atoms with van der Waals surface area (Å²) in [5.74, 6) is 0.470. The molecule has 1 amide bonds. The lowest BCUT2D eigenvalue weighted by molar-refractivity contribution is 0.0977. The first-order valence-corrected chi connectivity index (χ1v) is 9.89. The number of rotatable bonds is 6. The van der Waals surface area contributed by atoms with Crippen LogP contribution in [0.3, 0.4) is 0 Å². The number of benzene rings is 3. The zero-order chi connectivity index (χ0) is 20.6. The SMILES string of the molecule is Cc1cccc(NC(=S)NC(=O)c2ccc(OCCc3ccccc3)cc2)c1C. The van der Waals surface area contributed by atoms with Gasteiger partial charge in [0, 0.05) is 17.7 Å². The third-order valence-electron chi connectivity index (χ3n) is 4.70. The van der Waals surface area contributed by atoms with Crippen molar-refractivity contribution in [1.82, 2.24) is 5.32 Å². The van der Waals surface area contributed by atoms with Gasteiger partial charge in [0.25, 0.3) is 5.91 Å². The first kappa shape index (κ1) is 20.6. The van der Waals surface area contributed by atoms with Crippen LogP contribution in [0.5, 0.6) is 5.75 Å². The number of aryl methyl sites for hydroxylation is 1. The second-order valence-corrected chi connectivity index (χ2v) is 7.17. The van der Waals surface area contributed by atoms with Gasteiger partial charge in [-0.25, -0.2) is 0 Å². The van der Waals surface area contributed by atoms with E-state index in [-0.39, 0.29) is 11.0 Å². The van der Waals surface area contributed by atoms with Crippen LogP contribution in [0.2, 0.25) is 0 Å². The van der Waals surface area contributed by atoms with Crippen LogP contribution in [0.25, 0.3) is 0 Å². The molecular formula is C24H24N2O2S. The summed E-state index contributed by atoms with van der Waals surface area (Å²) in [7, 11) is 0. The molecule has 5 heteroatoms. The van der Waals surface area contributed by atoms with E-state index in [0.717, 1.165) is 29.0 Å². The van der Waals surface area contributed by atoms with Gasteiger partial charge >= 0.3 is 0 Å². The molecule has 0 aromatic heterocycles. The Hall–Kier alpha value is -3.18. The van der Waals surface area contributed by atoms with E-state index >= 15 is 0 Å². The van der Waals surface area contributed by atoms with Crippen molar-refractivity contribution in [2.45, 2.75) is 20.3 Å². The molecule has 0 bridgehead atoms. The zero-order valence-electron chi connectivity index (χ0n) is 16.6. The summed E-state index contributed by atoms with van der Waals surface area (Å²) in [5, 5.41) is 6.07. The fourth-order valence-electron chi connectivity index (χ4n) is 2.85. The van der Waals surface area contributed by atoms with Crippen molar-refractivity contribution >= 4 is 28.9 Å². The van der Waals surface area contributed by atoms with Crippen molar-refractivity contribution in [3.05, 3.63) is 95.1 Å². The minimum Gasteiger partial charge on any atom is -0.493 e.